The van der Waals surface area contributed by atoms with Crippen LogP contribution in [-0.4, -0.2) is 21.6 Å². The maximum atomic E-state index is 11.2. The smallest absolute Gasteiger partial charge is 0.170 e. The van der Waals surface area contributed by atoms with Crippen LogP contribution in [0.25, 0.3) is 33.2 Å². The Morgan fingerprint density at radius 2 is 1.48 bits per heavy atom. The first kappa shape index (κ1) is 15.0. The molecule has 120 valence electrons. The Morgan fingerprint density at radius 1 is 0.760 bits per heavy atom. The average molecular weight is 326 g/mol. The number of phenols is 1. The predicted octanol–water partition coefficient (Wildman–Crippen LogP) is 4.48. The highest BCUT2D eigenvalue weighted by molar-refractivity contribution is 6.02. The van der Waals surface area contributed by atoms with Crippen LogP contribution in [0.2, 0.25) is 0 Å². The molecular weight excluding hydrogens is 312 g/mol. The first-order chi connectivity index (χ1) is 12.3. The van der Waals surface area contributed by atoms with Gasteiger partial charge in [0.2, 0.25) is 0 Å². The van der Waals surface area contributed by atoms with Crippen molar-refractivity contribution in [2.75, 3.05) is 0 Å². The van der Waals surface area contributed by atoms with E-state index in [4.69, 9.17) is 0 Å². The van der Waals surface area contributed by atoms with Gasteiger partial charge in [-0.25, -0.2) is 0 Å². The number of phenolic OH excluding ortho intramolecular Hbond substituents is 1. The Balaban J connectivity index is 1.95. The summed E-state index contributed by atoms with van der Waals surface area (Å²) >= 11 is 0. The van der Waals surface area contributed by atoms with Gasteiger partial charge in [-0.2, -0.15) is 0 Å². The van der Waals surface area contributed by atoms with E-state index in [-0.39, 0.29) is 5.75 Å². The van der Waals surface area contributed by atoms with Crippen LogP contribution in [0.15, 0.2) is 72.8 Å². The standard InChI is InChI=1S/C21H14N2O2/c24-13-19-16-8-4-5-9-17(16)21(23-22-19)15-10-11-20(25)18(12-15)14-6-2-1-3-7-14/h1-13,25H. The lowest BCUT2D eigenvalue weighted by atomic mass is 9.98. The Hall–Kier alpha value is -3.53. The Labute approximate surface area is 144 Å². The maximum Gasteiger partial charge on any atom is 0.170 e. The number of aromatic nitrogens is 2. The molecule has 4 rings (SSSR count). The van der Waals surface area contributed by atoms with Crippen molar-refractivity contribution in [2.24, 2.45) is 0 Å². The minimum atomic E-state index is 0.205. The van der Waals surface area contributed by atoms with E-state index in [9.17, 15) is 9.90 Å². The number of carbonyl (C=O) groups excluding carboxylic acids is 1. The van der Waals surface area contributed by atoms with Gasteiger partial charge < -0.3 is 5.11 Å². The summed E-state index contributed by atoms with van der Waals surface area (Å²) in [6.45, 7) is 0. The van der Waals surface area contributed by atoms with Crippen molar-refractivity contribution in [2.45, 2.75) is 0 Å². The van der Waals surface area contributed by atoms with E-state index in [2.05, 4.69) is 10.2 Å². The minimum Gasteiger partial charge on any atom is -0.507 e. The van der Waals surface area contributed by atoms with Crippen LogP contribution in [0.4, 0.5) is 0 Å². The van der Waals surface area contributed by atoms with Gasteiger partial charge in [0.15, 0.2) is 6.29 Å². The fourth-order valence-electron chi connectivity index (χ4n) is 2.96. The summed E-state index contributed by atoms with van der Waals surface area (Å²) in [5.41, 5.74) is 3.48. The number of aldehydes is 1. The highest BCUT2D eigenvalue weighted by Gasteiger charge is 2.13. The number of fused-ring (bicyclic) bond motifs is 1. The molecule has 0 aliphatic rings. The number of hydrogen-bond donors (Lipinski definition) is 1. The summed E-state index contributed by atoms with van der Waals surface area (Å²) in [7, 11) is 0. The van der Waals surface area contributed by atoms with Crippen LogP contribution in [0.1, 0.15) is 10.5 Å². The molecule has 25 heavy (non-hydrogen) atoms. The zero-order valence-corrected chi connectivity index (χ0v) is 13.3. The third-order valence-corrected chi connectivity index (χ3v) is 4.18. The lowest BCUT2D eigenvalue weighted by Crippen LogP contribution is -1.96. The van der Waals surface area contributed by atoms with Gasteiger partial charge in [-0.1, -0.05) is 54.6 Å². The zero-order valence-electron chi connectivity index (χ0n) is 13.3. The molecule has 0 fully saturated rings. The van der Waals surface area contributed by atoms with Crippen molar-refractivity contribution in [1.82, 2.24) is 10.2 Å². The molecule has 0 saturated heterocycles. The molecule has 0 aliphatic heterocycles. The number of nitrogens with zero attached hydrogens (tertiary/aromatic N) is 2. The molecule has 4 nitrogen and oxygen atoms in total. The fraction of sp³-hybridized carbons (Fsp3) is 0. The average Bonchev–Trinajstić information content (AvgIpc) is 2.68. The van der Waals surface area contributed by atoms with Crippen molar-refractivity contribution in [3.05, 3.63) is 78.5 Å². The van der Waals surface area contributed by atoms with Crippen molar-refractivity contribution < 1.29 is 9.90 Å². The molecule has 0 atom stereocenters. The van der Waals surface area contributed by atoms with Gasteiger partial charge in [-0.15, -0.1) is 10.2 Å². The maximum absolute atomic E-state index is 11.2. The second-order valence-corrected chi connectivity index (χ2v) is 5.70. The van der Waals surface area contributed by atoms with E-state index in [1.807, 2.05) is 60.7 Å². The second kappa shape index (κ2) is 6.17. The molecule has 0 aliphatic carbocycles. The van der Waals surface area contributed by atoms with Crippen LogP contribution in [0.5, 0.6) is 5.75 Å². The van der Waals surface area contributed by atoms with Crippen molar-refractivity contribution >= 4 is 17.1 Å². The monoisotopic (exact) mass is 326 g/mol. The van der Waals surface area contributed by atoms with Gasteiger partial charge in [0, 0.05) is 21.9 Å². The van der Waals surface area contributed by atoms with Crippen LogP contribution in [-0.2, 0) is 0 Å². The molecule has 1 heterocycles. The zero-order chi connectivity index (χ0) is 17.2. The molecule has 0 amide bonds. The molecule has 4 heteroatoms. The van der Waals surface area contributed by atoms with Crippen LogP contribution < -0.4 is 0 Å². The highest BCUT2D eigenvalue weighted by Crippen LogP contribution is 2.35. The van der Waals surface area contributed by atoms with Crippen LogP contribution in [0.3, 0.4) is 0 Å². The molecule has 1 N–H and O–H groups in total. The summed E-state index contributed by atoms with van der Waals surface area (Å²) in [6, 6.07) is 22.6. The Kier molecular flexibility index (Phi) is 3.71. The summed E-state index contributed by atoms with van der Waals surface area (Å²) in [5.74, 6) is 0.205. The molecule has 0 bridgehead atoms. The summed E-state index contributed by atoms with van der Waals surface area (Å²) in [4.78, 5) is 11.2. The molecule has 0 unspecified atom stereocenters. The Bertz CT molecular complexity index is 1080. The van der Waals surface area contributed by atoms with E-state index in [0.29, 0.717) is 17.7 Å². The highest BCUT2D eigenvalue weighted by atomic mass is 16.3. The van der Waals surface area contributed by atoms with Gasteiger partial charge in [0.25, 0.3) is 0 Å². The number of hydrogen-bond acceptors (Lipinski definition) is 4. The van der Waals surface area contributed by atoms with Gasteiger partial charge >= 0.3 is 0 Å². The number of rotatable bonds is 3. The quantitative estimate of drug-likeness (QED) is 0.564. The van der Waals surface area contributed by atoms with Crippen LogP contribution in [0, 0.1) is 0 Å². The fourth-order valence-corrected chi connectivity index (χ4v) is 2.96. The van der Waals surface area contributed by atoms with E-state index in [1.54, 1.807) is 12.1 Å². The molecule has 1 aromatic heterocycles. The normalized spacial score (nSPS) is 10.7. The third-order valence-electron chi connectivity index (χ3n) is 4.18. The first-order valence-electron chi connectivity index (χ1n) is 7.87. The van der Waals surface area contributed by atoms with E-state index in [0.717, 1.165) is 27.5 Å². The summed E-state index contributed by atoms with van der Waals surface area (Å²) in [6.07, 6.45) is 0.714. The number of carbonyl (C=O) groups is 1. The van der Waals surface area contributed by atoms with Crippen LogP contribution >= 0.6 is 0 Å². The SMILES string of the molecule is O=Cc1nnc(-c2ccc(O)c(-c3ccccc3)c2)c2ccccc12. The van der Waals surface area contributed by atoms with Gasteiger partial charge in [0.1, 0.15) is 17.1 Å². The third kappa shape index (κ3) is 2.64. The molecular formula is C21H14N2O2. The molecule has 4 aromatic rings. The number of benzene rings is 3. The largest absolute Gasteiger partial charge is 0.507 e. The van der Waals surface area contributed by atoms with E-state index < -0.39 is 0 Å². The van der Waals surface area contributed by atoms with Gasteiger partial charge in [0.05, 0.1) is 0 Å². The van der Waals surface area contributed by atoms with Gasteiger partial charge in [-0.3, -0.25) is 4.79 Å². The predicted molar refractivity (Wildman–Crippen MR) is 97.5 cm³/mol. The second-order valence-electron chi connectivity index (χ2n) is 5.70. The van der Waals surface area contributed by atoms with Crippen molar-refractivity contribution in [3.8, 4) is 28.1 Å². The molecule has 3 aromatic carbocycles. The summed E-state index contributed by atoms with van der Waals surface area (Å²) < 4.78 is 0. The van der Waals surface area contributed by atoms with Crippen molar-refractivity contribution in [3.63, 3.8) is 0 Å². The molecule has 0 spiro atoms. The Morgan fingerprint density at radius 3 is 2.24 bits per heavy atom. The lowest BCUT2D eigenvalue weighted by molar-refractivity contribution is 0.112. The molecule has 0 radical (unpaired) electrons. The lowest BCUT2D eigenvalue weighted by Gasteiger charge is -2.10. The minimum absolute atomic E-state index is 0.205. The topological polar surface area (TPSA) is 63.1 Å². The van der Waals surface area contributed by atoms with E-state index >= 15 is 0 Å². The first-order valence-corrected chi connectivity index (χ1v) is 7.87. The number of aromatic hydroxyl groups is 1. The van der Waals surface area contributed by atoms with E-state index in [1.165, 1.54) is 0 Å². The van der Waals surface area contributed by atoms with Crippen molar-refractivity contribution in [1.29, 1.82) is 0 Å². The molecule has 0 saturated carbocycles. The summed E-state index contributed by atoms with van der Waals surface area (Å²) in [5, 5.41) is 20.2. The van der Waals surface area contributed by atoms with Gasteiger partial charge in [-0.05, 0) is 23.8 Å².